The van der Waals surface area contributed by atoms with Gasteiger partial charge in [0.15, 0.2) is 6.61 Å². The Morgan fingerprint density at radius 3 is 2.31 bits per heavy atom. The number of rotatable bonds is 6. The zero-order chi connectivity index (χ0) is 19.3. The molecule has 2 aromatic rings. The number of esters is 2. The molecule has 0 fully saturated rings. The quantitative estimate of drug-likeness (QED) is 0.548. The number of carbonyl (C=O) groups is 2. The molecule has 0 unspecified atom stereocenters. The van der Waals surface area contributed by atoms with Crippen molar-refractivity contribution in [1.29, 1.82) is 0 Å². The number of ether oxygens (including phenoxy) is 3. The zero-order valence-corrected chi connectivity index (χ0v) is 15.9. The Hall–Kier alpha value is -2.53. The Morgan fingerprint density at radius 2 is 1.69 bits per heavy atom. The second-order valence-corrected chi connectivity index (χ2v) is 6.49. The summed E-state index contributed by atoms with van der Waals surface area (Å²) in [6.45, 7) is 6.99. The van der Waals surface area contributed by atoms with Gasteiger partial charge in [-0.05, 0) is 69.2 Å². The van der Waals surface area contributed by atoms with Gasteiger partial charge in [-0.1, -0.05) is 17.7 Å². The minimum atomic E-state index is -0.579. The lowest BCUT2D eigenvalue weighted by Crippen LogP contribution is -2.18. The van der Waals surface area contributed by atoms with Crippen LogP contribution < -0.4 is 9.47 Å². The summed E-state index contributed by atoms with van der Waals surface area (Å²) < 4.78 is 15.8. The van der Waals surface area contributed by atoms with Gasteiger partial charge in [0.25, 0.3) is 0 Å². The molecule has 0 N–H and O–H groups in total. The highest BCUT2D eigenvalue weighted by Gasteiger charge is 2.13. The summed E-state index contributed by atoms with van der Waals surface area (Å²) in [6, 6.07) is 9.76. The SMILES string of the molecule is Cc1cc(OCC(=O)Oc2cccc(C(=O)OC(C)C)c2)cc(C)c1Cl. The number of benzene rings is 2. The summed E-state index contributed by atoms with van der Waals surface area (Å²) in [5, 5.41) is 0.671. The topological polar surface area (TPSA) is 61.8 Å². The van der Waals surface area contributed by atoms with Gasteiger partial charge in [0, 0.05) is 5.02 Å². The molecule has 2 aromatic carbocycles. The van der Waals surface area contributed by atoms with Crippen molar-refractivity contribution < 1.29 is 23.8 Å². The Kier molecular flexibility index (Phi) is 6.64. The van der Waals surface area contributed by atoms with Gasteiger partial charge < -0.3 is 14.2 Å². The van der Waals surface area contributed by atoms with Crippen molar-refractivity contribution in [3.8, 4) is 11.5 Å². The van der Waals surface area contributed by atoms with Gasteiger partial charge in [-0.25, -0.2) is 9.59 Å². The molecule has 0 radical (unpaired) electrons. The van der Waals surface area contributed by atoms with Crippen LogP contribution in [0.25, 0.3) is 0 Å². The van der Waals surface area contributed by atoms with E-state index in [-0.39, 0.29) is 18.5 Å². The highest BCUT2D eigenvalue weighted by molar-refractivity contribution is 6.32. The van der Waals surface area contributed by atoms with Crippen LogP contribution in [0.2, 0.25) is 5.02 Å². The van der Waals surface area contributed by atoms with E-state index in [2.05, 4.69) is 0 Å². The van der Waals surface area contributed by atoms with Crippen LogP contribution in [0.5, 0.6) is 11.5 Å². The average molecular weight is 377 g/mol. The first-order chi connectivity index (χ1) is 12.3. The minimum Gasteiger partial charge on any atom is -0.482 e. The van der Waals surface area contributed by atoms with Crippen LogP contribution in [-0.2, 0) is 9.53 Å². The second kappa shape index (κ2) is 8.72. The normalized spacial score (nSPS) is 10.5. The van der Waals surface area contributed by atoms with E-state index in [4.69, 9.17) is 25.8 Å². The van der Waals surface area contributed by atoms with E-state index in [0.717, 1.165) is 11.1 Å². The van der Waals surface area contributed by atoms with Crippen molar-refractivity contribution >= 4 is 23.5 Å². The van der Waals surface area contributed by atoms with E-state index in [0.29, 0.717) is 16.3 Å². The Morgan fingerprint density at radius 1 is 1.04 bits per heavy atom. The third kappa shape index (κ3) is 5.49. The van der Waals surface area contributed by atoms with E-state index in [1.807, 2.05) is 13.8 Å². The molecule has 0 bridgehead atoms. The fourth-order valence-corrected chi connectivity index (χ4v) is 2.37. The monoisotopic (exact) mass is 376 g/mol. The Bertz CT molecular complexity index is 791. The predicted octanol–water partition coefficient (Wildman–Crippen LogP) is 4.51. The van der Waals surface area contributed by atoms with Crippen LogP contribution in [0.15, 0.2) is 36.4 Å². The van der Waals surface area contributed by atoms with Crippen molar-refractivity contribution in [2.24, 2.45) is 0 Å². The van der Waals surface area contributed by atoms with Gasteiger partial charge in [-0.15, -0.1) is 0 Å². The lowest BCUT2D eigenvalue weighted by Gasteiger charge is -2.11. The van der Waals surface area contributed by atoms with Crippen molar-refractivity contribution in [1.82, 2.24) is 0 Å². The highest BCUT2D eigenvalue weighted by atomic mass is 35.5. The molecule has 0 saturated carbocycles. The molecule has 26 heavy (non-hydrogen) atoms. The number of halogens is 1. The predicted molar refractivity (Wildman–Crippen MR) is 99.0 cm³/mol. The lowest BCUT2D eigenvalue weighted by atomic mass is 10.1. The molecular weight excluding hydrogens is 356 g/mol. The number of aryl methyl sites for hydroxylation is 2. The van der Waals surface area contributed by atoms with Gasteiger partial charge >= 0.3 is 11.9 Å². The molecular formula is C20H21ClO5. The molecule has 0 aliphatic heterocycles. The fraction of sp³-hybridized carbons (Fsp3) is 0.300. The maximum Gasteiger partial charge on any atom is 0.349 e. The summed E-state index contributed by atoms with van der Waals surface area (Å²) in [7, 11) is 0. The summed E-state index contributed by atoms with van der Waals surface area (Å²) in [5.74, 6) is -0.262. The van der Waals surface area contributed by atoms with Gasteiger partial charge in [0.05, 0.1) is 11.7 Å². The molecule has 0 aliphatic rings. The van der Waals surface area contributed by atoms with Crippen molar-refractivity contribution in [3.63, 3.8) is 0 Å². The molecule has 0 aliphatic carbocycles. The largest absolute Gasteiger partial charge is 0.482 e. The van der Waals surface area contributed by atoms with Gasteiger partial charge in [-0.2, -0.15) is 0 Å². The van der Waals surface area contributed by atoms with Gasteiger partial charge in [0.2, 0.25) is 0 Å². The molecule has 5 nitrogen and oxygen atoms in total. The molecule has 0 amide bonds. The van der Waals surface area contributed by atoms with Crippen LogP contribution in [0.1, 0.15) is 35.3 Å². The second-order valence-electron chi connectivity index (χ2n) is 6.12. The average Bonchev–Trinajstić information content (AvgIpc) is 2.57. The number of carbonyl (C=O) groups excluding carboxylic acids is 2. The van der Waals surface area contributed by atoms with Crippen LogP contribution in [0.3, 0.4) is 0 Å². The van der Waals surface area contributed by atoms with Crippen LogP contribution in [0.4, 0.5) is 0 Å². The van der Waals surface area contributed by atoms with E-state index >= 15 is 0 Å². The molecule has 6 heteroatoms. The first-order valence-electron chi connectivity index (χ1n) is 8.17. The summed E-state index contributed by atoms with van der Waals surface area (Å²) in [4.78, 5) is 23.9. The molecule has 0 aromatic heterocycles. The van der Waals surface area contributed by atoms with E-state index in [9.17, 15) is 9.59 Å². The summed E-state index contributed by atoms with van der Waals surface area (Å²) in [5.41, 5.74) is 2.05. The van der Waals surface area contributed by atoms with Crippen molar-refractivity contribution in [2.45, 2.75) is 33.8 Å². The molecule has 0 spiro atoms. The smallest absolute Gasteiger partial charge is 0.349 e. The zero-order valence-electron chi connectivity index (χ0n) is 15.2. The Labute approximate surface area is 157 Å². The van der Waals surface area contributed by atoms with Crippen molar-refractivity contribution in [2.75, 3.05) is 6.61 Å². The van der Waals surface area contributed by atoms with E-state index < -0.39 is 11.9 Å². The molecule has 138 valence electrons. The van der Waals surface area contributed by atoms with Gasteiger partial charge in [-0.3, -0.25) is 0 Å². The van der Waals surface area contributed by atoms with E-state index in [1.54, 1.807) is 44.2 Å². The fourth-order valence-electron chi connectivity index (χ4n) is 2.26. The minimum absolute atomic E-state index is 0.228. The van der Waals surface area contributed by atoms with Crippen LogP contribution in [0, 0.1) is 13.8 Å². The third-order valence-corrected chi connectivity index (χ3v) is 4.01. The molecule has 2 rings (SSSR count). The summed E-state index contributed by atoms with van der Waals surface area (Å²) >= 11 is 6.11. The molecule has 0 saturated heterocycles. The lowest BCUT2D eigenvalue weighted by molar-refractivity contribution is -0.136. The molecule has 0 atom stereocenters. The number of hydrogen-bond donors (Lipinski definition) is 0. The van der Waals surface area contributed by atoms with Crippen LogP contribution in [-0.4, -0.2) is 24.6 Å². The third-order valence-electron chi connectivity index (χ3n) is 3.41. The maximum absolute atomic E-state index is 12.0. The first-order valence-corrected chi connectivity index (χ1v) is 8.55. The maximum atomic E-state index is 12.0. The van der Waals surface area contributed by atoms with Gasteiger partial charge in [0.1, 0.15) is 11.5 Å². The summed E-state index contributed by atoms with van der Waals surface area (Å²) in [6.07, 6.45) is -0.228. The van der Waals surface area contributed by atoms with Crippen molar-refractivity contribution in [3.05, 3.63) is 58.1 Å². The highest BCUT2D eigenvalue weighted by Crippen LogP contribution is 2.26. The Balaban J connectivity index is 1.97. The standard InChI is InChI=1S/C20H21ClO5/c1-12(2)25-20(23)15-6-5-7-16(10-15)26-18(22)11-24-17-8-13(3)19(21)14(4)9-17/h5-10,12H,11H2,1-4H3. The number of hydrogen-bond acceptors (Lipinski definition) is 5. The first kappa shape index (κ1) is 19.8. The van der Waals surface area contributed by atoms with E-state index in [1.165, 1.54) is 6.07 Å². The molecule has 0 heterocycles. The van der Waals surface area contributed by atoms with Crippen LogP contribution >= 0.6 is 11.6 Å².